The van der Waals surface area contributed by atoms with Crippen LogP contribution in [-0.2, 0) is 6.61 Å². The van der Waals surface area contributed by atoms with Crippen LogP contribution in [0.15, 0.2) is 72.1 Å². The fraction of sp³-hybridized carbons (Fsp3) is 0.0833. The summed E-state index contributed by atoms with van der Waals surface area (Å²) in [6.07, 6.45) is 0. The minimum Gasteiger partial charge on any atom is -0.493 e. The quantitative estimate of drug-likeness (QED) is 0.378. The van der Waals surface area contributed by atoms with Crippen molar-refractivity contribution in [3.63, 3.8) is 0 Å². The highest BCUT2D eigenvalue weighted by Crippen LogP contribution is 2.34. The summed E-state index contributed by atoms with van der Waals surface area (Å²) in [5.74, 6) is -0.464. The maximum absolute atomic E-state index is 13.8. The van der Waals surface area contributed by atoms with Crippen LogP contribution < -0.4 is 14.8 Å². The van der Waals surface area contributed by atoms with Crippen LogP contribution >= 0.6 is 11.3 Å². The summed E-state index contributed by atoms with van der Waals surface area (Å²) in [6, 6.07) is 17.5. The second-order valence-corrected chi connectivity index (χ2v) is 7.58. The molecule has 0 aliphatic carbocycles. The summed E-state index contributed by atoms with van der Waals surface area (Å²) >= 11 is 1.27. The molecule has 0 aliphatic rings. The molecule has 0 bridgehead atoms. The number of hydrogen-bond donors (Lipinski definition) is 1. The highest BCUT2D eigenvalue weighted by atomic mass is 32.1. The van der Waals surface area contributed by atoms with Crippen molar-refractivity contribution in [3.05, 3.63) is 95.0 Å². The molecule has 0 radical (unpaired) electrons. The first-order valence-electron chi connectivity index (χ1n) is 9.61. The van der Waals surface area contributed by atoms with Crippen LogP contribution in [0, 0.1) is 11.6 Å². The number of anilines is 1. The molecule has 4 rings (SSSR count). The van der Waals surface area contributed by atoms with Gasteiger partial charge in [0, 0.05) is 16.5 Å². The molecule has 4 aromatic rings. The summed E-state index contributed by atoms with van der Waals surface area (Å²) in [4.78, 5) is 16.8. The Hall–Kier alpha value is -3.78. The molecule has 8 heteroatoms. The van der Waals surface area contributed by atoms with Gasteiger partial charge in [0.15, 0.2) is 11.5 Å². The molecule has 3 aromatic carbocycles. The van der Waals surface area contributed by atoms with Gasteiger partial charge in [-0.1, -0.05) is 30.3 Å². The molecule has 0 saturated carbocycles. The molecule has 0 atom stereocenters. The maximum Gasteiger partial charge on any atom is 0.275 e. The van der Waals surface area contributed by atoms with Crippen molar-refractivity contribution >= 4 is 22.9 Å². The highest BCUT2D eigenvalue weighted by Gasteiger charge is 2.15. The normalized spacial score (nSPS) is 10.6. The minimum atomic E-state index is -0.521. The number of halogens is 2. The van der Waals surface area contributed by atoms with E-state index in [1.54, 1.807) is 53.9 Å². The predicted molar refractivity (Wildman–Crippen MR) is 119 cm³/mol. The number of amides is 1. The molecule has 1 heterocycles. The Bertz CT molecular complexity index is 1260. The monoisotopic (exact) mass is 452 g/mol. The third-order valence-electron chi connectivity index (χ3n) is 4.61. The maximum atomic E-state index is 13.8. The van der Waals surface area contributed by atoms with Crippen LogP contribution in [0.4, 0.5) is 14.5 Å². The van der Waals surface area contributed by atoms with Gasteiger partial charge in [0.05, 0.1) is 12.8 Å². The molecule has 1 amide bonds. The molecule has 0 saturated heterocycles. The molecular weight excluding hydrogens is 434 g/mol. The summed E-state index contributed by atoms with van der Waals surface area (Å²) in [6.45, 7) is 0.0556. The van der Waals surface area contributed by atoms with Crippen LogP contribution in [0.1, 0.15) is 16.1 Å². The second-order valence-electron chi connectivity index (χ2n) is 6.72. The van der Waals surface area contributed by atoms with Crippen LogP contribution in [0.2, 0.25) is 0 Å². The fourth-order valence-corrected chi connectivity index (χ4v) is 3.75. The SMILES string of the molecule is COc1cc(-c2nc(C(=O)Nc3ccccc3F)cs2)ccc1OCc1ccccc1F. The number of nitrogens with zero attached hydrogens (tertiary/aromatic N) is 1. The van der Waals surface area contributed by atoms with Gasteiger partial charge in [0.1, 0.15) is 28.9 Å². The van der Waals surface area contributed by atoms with Gasteiger partial charge in [-0.15, -0.1) is 11.3 Å². The van der Waals surface area contributed by atoms with Crippen LogP contribution in [-0.4, -0.2) is 18.0 Å². The number of carbonyl (C=O) groups excluding carboxylic acids is 1. The van der Waals surface area contributed by atoms with Gasteiger partial charge in [0.2, 0.25) is 0 Å². The summed E-state index contributed by atoms with van der Waals surface area (Å²) < 4.78 is 38.7. The number of benzene rings is 3. The Morgan fingerprint density at radius 3 is 2.50 bits per heavy atom. The van der Waals surface area contributed by atoms with Gasteiger partial charge >= 0.3 is 0 Å². The molecule has 1 N–H and O–H groups in total. The van der Waals surface area contributed by atoms with Crippen molar-refractivity contribution in [2.75, 3.05) is 12.4 Å². The van der Waals surface area contributed by atoms with Gasteiger partial charge < -0.3 is 14.8 Å². The molecule has 0 fully saturated rings. The average molecular weight is 452 g/mol. The van der Waals surface area contributed by atoms with Crippen molar-refractivity contribution in [2.45, 2.75) is 6.61 Å². The number of rotatable bonds is 7. The zero-order valence-corrected chi connectivity index (χ0v) is 17.8. The zero-order chi connectivity index (χ0) is 22.5. The standard InChI is InChI=1S/C24H18F2N2O3S/c1-30-22-12-15(10-11-21(22)31-13-16-6-2-3-7-17(16)25)24-28-20(14-32-24)23(29)27-19-9-5-4-8-18(19)26/h2-12,14H,13H2,1H3,(H,27,29). The summed E-state index contributed by atoms with van der Waals surface area (Å²) in [7, 11) is 1.50. The molecule has 0 aliphatic heterocycles. The zero-order valence-electron chi connectivity index (χ0n) is 17.0. The number of aromatic nitrogens is 1. The van der Waals surface area contributed by atoms with Gasteiger partial charge in [-0.3, -0.25) is 4.79 Å². The fourth-order valence-electron chi connectivity index (χ4n) is 2.95. The number of nitrogens with one attached hydrogen (secondary N) is 1. The Morgan fingerprint density at radius 1 is 1.00 bits per heavy atom. The Kier molecular flexibility index (Phi) is 6.42. The van der Waals surface area contributed by atoms with Crippen molar-refractivity contribution in [3.8, 4) is 22.1 Å². The van der Waals surface area contributed by atoms with Crippen LogP contribution in [0.3, 0.4) is 0 Å². The third-order valence-corrected chi connectivity index (χ3v) is 5.50. The lowest BCUT2D eigenvalue weighted by Crippen LogP contribution is -2.13. The van der Waals surface area contributed by atoms with E-state index in [9.17, 15) is 13.6 Å². The summed E-state index contributed by atoms with van der Waals surface area (Å²) in [5, 5.41) is 4.70. The van der Waals surface area contributed by atoms with E-state index in [0.29, 0.717) is 22.1 Å². The van der Waals surface area contributed by atoms with E-state index >= 15 is 0 Å². The molecule has 1 aromatic heterocycles. The first-order valence-corrected chi connectivity index (χ1v) is 10.5. The van der Waals surface area contributed by atoms with E-state index < -0.39 is 11.7 Å². The van der Waals surface area contributed by atoms with Gasteiger partial charge in [-0.2, -0.15) is 0 Å². The molecule has 32 heavy (non-hydrogen) atoms. The first-order chi connectivity index (χ1) is 15.5. The average Bonchev–Trinajstić information content (AvgIpc) is 3.30. The number of methoxy groups -OCH3 is 1. The Labute approximate surface area is 187 Å². The molecule has 0 spiro atoms. The van der Waals surface area contributed by atoms with Crippen LogP contribution in [0.25, 0.3) is 10.6 Å². The lowest BCUT2D eigenvalue weighted by molar-refractivity contribution is 0.102. The van der Waals surface area contributed by atoms with E-state index in [2.05, 4.69) is 10.3 Å². The van der Waals surface area contributed by atoms with E-state index in [4.69, 9.17) is 9.47 Å². The number of thiazole rings is 1. The number of hydrogen-bond acceptors (Lipinski definition) is 5. The number of carbonyl (C=O) groups is 1. The first kappa shape index (κ1) is 21.5. The van der Waals surface area contributed by atoms with Crippen molar-refractivity contribution in [2.24, 2.45) is 0 Å². The number of ether oxygens (including phenoxy) is 2. The Balaban J connectivity index is 1.49. The van der Waals surface area contributed by atoms with Gasteiger partial charge in [-0.25, -0.2) is 13.8 Å². The third kappa shape index (κ3) is 4.76. The predicted octanol–water partition coefficient (Wildman–Crippen LogP) is 5.93. The van der Waals surface area contributed by atoms with E-state index in [0.717, 1.165) is 5.56 Å². The molecular formula is C24H18F2N2O3S. The van der Waals surface area contributed by atoms with Gasteiger partial charge in [0.25, 0.3) is 5.91 Å². The van der Waals surface area contributed by atoms with Crippen molar-refractivity contribution in [1.29, 1.82) is 0 Å². The molecule has 5 nitrogen and oxygen atoms in total. The van der Waals surface area contributed by atoms with E-state index in [-0.39, 0.29) is 23.8 Å². The highest BCUT2D eigenvalue weighted by molar-refractivity contribution is 7.13. The van der Waals surface area contributed by atoms with Crippen LogP contribution in [0.5, 0.6) is 11.5 Å². The lowest BCUT2D eigenvalue weighted by Gasteiger charge is -2.12. The Morgan fingerprint density at radius 2 is 1.75 bits per heavy atom. The van der Waals surface area contributed by atoms with Crippen molar-refractivity contribution in [1.82, 2.24) is 4.98 Å². The van der Waals surface area contributed by atoms with E-state index in [1.165, 1.54) is 36.6 Å². The largest absolute Gasteiger partial charge is 0.493 e. The minimum absolute atomic E-state index is 0.0556. The molecule has 162 valence electrons. The second kappa shape index (κ2) is 9.57. The smallest absolute Gasteiger partial charge is 0.275 e. The number of para-hydroxylation sites is 1. The van der Waals surface area contributed by atoms with Crippen molar-refractivity contribution < 1.29 is 23.0 Å². The topological polar surface area (TPSA) is 60.5 Å². The van der Waals surface area contributed by atoms with Gasteiger partial charge in [-0.05, 0) is 36.4 Å². The lowest BCUT2D eigenvalue weighted by atomic mass is 10.2. The summed E-state index contributed by atoms with van der Waals surface area (Å²) in [5.41, 5.74) is 1.41. The van der Waals surface area contributed by atoms with E-state index in [1.807, 2.05) is 0 Å². The molecule has 0 unspecified atom stereocenters.